The van der Waals surface area contributed by atoms with Crippen LogP contribution in [0.3, 0.4) is 0 Å². The fourth-order valence-electron chi connectivity index (χ4n) is 1.59. The van der Waals surface area contributed by atoms with Crippen molar-refractivity contribution >= 4 is 17.7 Å². The van der Waals surface area contributed by atoms with Crippen molar-refractivity contribution in [1.82, 2.24) is 5.32 Å². The Kier molecular flexibility index (Phi) is 9.83. The van der Waals surface area contributed by atoms with E-state index in [1.807, 2.05) is 0 Å². The fourth-order valence-corrected chi connectivity index (χ4v) is 2.32. The first kappa shape index (κ1) is 15.8. The molecule has 0 aliphatic heterocycles. The lowest BCUT2D eigenvalue weighted by atomic mass is 10.1. The molecule has 0 spiro atoms. The second-order valence-electron chi connectivity index (χ2n) is 3.95. The van der Waals surface area contributed by atoms with Crippen molar-refractivity contribution in [2.24, 2.45) is 0 Å². The molecule has 0 aromatic carbocycles. The molecule has 0 aliphatic rings. The molecule has 4 heteroatoms. The SMILES string of the molecule is CCCCC(NC(CC)CSC)C(=O)OC. The van der Waals surface area contributed by atoms with Gasteiger partial charge in [-0.3, -0.25) is 4.79 Å². The van der Waals surface area contributed by atoms with Crippen LogP contribution in [0.4, 0.5) is 0 Å². The lowest BCUT2D eigenvalue weighted by molar-refractivity contribution is -0.143. The number of rotatable bonds is 9. The fraction of sp³-hybridized carbons (Fsp3) is 0.917. The normalized spacial score (nSPS) is 14.5. The number of nitrogens with one attached hydrogen (secondary N) is 1. The van der Waals surface area contributed by atoms with E-state index in [0.717, 1.165) is 31.4 Å². The standard InChI is InChI=1S/C12H25NO2S/c1-5-7-8-11(12(14)15-3)13-10(6-2)9-16-4/h10-11,13H,5-9H2,1-4H3. The Balaban J connectivity index is 4.21. The topological polar surface area (TPSA) is 38.3 Å². The van der Waals surface area contributed by atoms with Gasteiger partial charge in [0.25, 0.3) is 0 Å². The van der Waals surface area contributed by atoms with Crippen molar-refractivity contribution in [3.8, 4) is 0 Å². The summed E-state index contributed by atoms with van der Waals surface area (Å²) in [6, 6.07) is 0.262. The number of hydrogen-bond donors (Lipinski definition) is 1. The monoisotopic (exact) mass is 247 g/mol. The summed E-state index contributed by atoms with van der Waals surface area (Å²) in [5.74, 6) is 0.906. The zero-order chi connectivity index (χ0) is 12.4. The number of hydrogen-bond acceptors (Lipinski definition) is 4. The van der Waals surface area contributed by atoms with Gasteiger partial charge < -0.3 is 10.1 Å². The van der Waals surface area contributed by atoms with Gasteiger partial charge in [0.05, 0.1) is 7.11 Å². The maximum Gasteiger partial charge on any atom is 0.322 e. The highest BCUT2D eigenvalue weighted by atomic mass is 32.2. The van der Waals surface area contributed by atoms with E-state index in [4.69, 9.17) is 4.74 Å². The highest BCUT2D eigenvalue weighted by Gasteiger charge is 2.21. The molecule has 0 bridgehead atoms. The van der Waals surface area contributed by atoms with Crippen LogP contribution in [0.2, 0.25) is 0 Å². The van der Waals surface area contributed by atoms with Gasteiger partial charge in [0, 0.05) is 11.8 Å². The van der Waals surface area contributed by atoms with Crippen molar-refractivity contribution in [3.05, 3.63) is 0 Å². The van der Waals surface area contributed by atoms with Crippen molar-refractivity contribution in [2.45, 2.75) is 51.6 Å². The summed E-state index contributed by atoms with van der Waals surface area (Å²) < 4.78 is 4.82. The molecule has 0 saturated heterocycles. The van der Waals surface area contributed by atoms with E-state index in [-0.39, 0.29) is 12.0 Å². The largest absolute Gasteiger partial charge is 0.468 e. The molecule has 2 atom stereocenters. The van der Waals surface area contributed by atoms with Crippen LogP contribution in [-0.4, -0.2) is 37.2 Å². The minimum Gasteiger partial charge on any atom is -0.468 e. The molecule has 96 valence electrons. The number of unbranched alkanes of at least 4 members (excludes halogenated alkanes) is 1. The number of carbonyl (C=O) groups is 1. The van der Waals surface area contributed by atoms with Crippen LogP contribution in [0.1, 0.15) is 39.5 Å². The van der Waals surface area contributed by atoms with Gasteiger partial charge in [0.15, 0.2) is 0 Å². The van der Waals surface area contributed by atoms with Crippen LogP contribution in [-0.2, 0) is 9.53 Å². The average Bonchev–Trinajstić information content (AvgIpc) is 2.32. The maximum atomic E-state index is 11.6. The van der Waals surface area contributed by atoms with E-state index in [1.165, 1.54) is 7.11 Å². The van der Waals surface area contributed by atoms with Crippen molar-refractivity contribution in [3.63, 3.8) is 0 Å². The van der Waals surface area contributed by atoms with Crippen LogP contribution >= 0.6 is 11.8 Å². The highest BCUT2D eigenvalue weighted by Crippen LogP contribution is 2.07. The number of esters is 1. The summed E-state index contributed by atoms with van der Waals surface area (Å²) in [5.41, 5.74) is 0. The molecule has 0 radical (unpaired) electrons. The minimum atomic E-state index is -0.137. The van der Waals surface area contributed by atoms with E-state index in [1.54, 1.807) is 11.8 Å². The molecule has 0 aromatic heterocycles. The first-order valence-electron chi connectivity index (χ1n) is 6.02. The summed E-state index contributed by atoms with van der Waals surface area (Å²) in [6.07, 6.45) is 6.16. The van der Waals surface area contributed by atoms with Gasteiger partial charge in [-0.2, -0.15) is 11.8 Å². The second kappa shape index (κ2) is 9.97. The van der Waals surface area contributed by atoms with Gasteiger partial charge in [-0.1, -0.05) is 26.7 Å². The van der Waals surface area contributed by atoms with Gasteiger partial charge >= 0.3 is 5.97 Å². The molecule has 0 amide bonds. The number of methoxy groups -OCH3 is 1. The summed E-state index contributed by atoms with van der Waals surface area (Å²) in [4.78, 5) is 11.6. The van der Waals surface area contributed by atoms with E-state index < -0.39 is 0 Å². The molecular weight excluding hydrogens is 222 g/mol. The molecule has 0 heterocycles. The molecule has 0 fully saturated rings. The molecule has 0 rings (SSSR count). The van der Waals surface area contributed by atoms with Crippen LogP contribution in [0.25, 0.3) is 0 Å². The second-order valence-corrected chi connectivity index (χ2v) is 4.86. The van der Waals surface area contributed by atoms with Gasteiger partial charge in [0.2, 0.25) is 0 Å². The molecule has 2 unspecified atom stereocenters. The van der Waals surface area contributed by atoms with E-state index in [9.17, 15) is 4.79 Å². The first-order valence-corrected chi connectivity index (χ1v) is 7.41. The van der Waals surface area contributed by atoms with Crippen LogP contribution < -0.4 is 5.32 Å². The van der Waals surface area contributed by atoms with Gasteiger partial charge in [0.1, 0.15) is 6.04 Å². The van der Waals surface area contributed by atoms with Crippen LogP contribution in [0.15, 0.2) is 0 Å². The molecular formula is C12H25NO2S. The lowest BCUT2D eigenvalue weighted by Gasteiger charge is -2.22. The van der Waals surface area contributed by atoms with Gasteiger partial charge in [-0.05, 0) is 19.1 Å². The van der Waals surface area contributed by atoms with E-state index in [2.05, 4.69) is 25.4 Å². The smallest absolute Gasteiger partial charge is 0.322 e. The predicted octanol–water partition coefficient (Wildman–Crippen LogP) is 2.45. The number of carbonyl (C=O) groups excluding carboxylic acids is 1. The molecule has 0 aliphatic carbocycles. The van der Waals surface area contributed by atoms with Gasteiger partial charge in [-0.15, -0.1) is 0 Å². The van der Waals surface area contributed by atoms with Crippen LogP contribution in [0.5, 0.6) is 0 Å². The minimum absolute atomic E-state index is 0.131. The quantitative estimate of drug-likeness (QED) is 0.635. The Morgan fingerprint density at radius 1 is 1.44 bits per heavy atom. The number of thioether (sulfide) groups is 1. The first-order chi connectivity index (χ1) is 7.69. The summed E-state index contributed by atoms with van der Waals surface area (Å²) >= 11 is 1.80. The Morgan fingerprint density at radius 3 is 2.56 bits per heavy atom. The van der Waals surface area contributed by atoms with Gasteiger partial charge in [-0.25, -0.2) is 0 Å². The van der Waals surface area contributed by atoms with Crippen molar-refractivity contribution in [1.29, 1.82) is 0 Å². The van der Waals surface area contributed by atoms with Crippen LogP contribution in [0, 0.1) is 0 Å². The zero-order valence-corrected chi connectivity index (χ0v) is 11.7. The molecule has 3 nitrogen and oxygen atoms in total. The molecule has 0 aromatic rings. The molecule has 1 N–H and O–H groups in total. The summed E-state index contributed by atoms with van der Waals surface area (Å²) in [7, 11) is 1.46. The Labute approximate surface area is 104 Å². The zero-order valence-electron chi connectivity index (χ0n) is 10.9. The Hall–Kier alpha value is -0.220. The van der Waals surface area contributed by atoms with Crippen molar-refractivity contribution in [2.75, 3.05) is 19.1 Å². The summed E-state index contributed by atoms with van der Waals surface area (Å²) in [6.45, 7) is 4.27. The van der Waals surface area contributed by atoms with E-state index >= 15 is 0 Å². The van der Waals surface area contributed by atoms with E-state index in [0.29, 0.717) is 6.04 Å². The third-order valence-corrected chi connectivity index (χ3v) is 3.37. The third-order valence-electron chi connectivity index (χ3n) is 2.63. The highest BCUT2D eigenvalue weighted by molar-refractivity contribution is 7.98. The summed E-state index contributed by atoms with van der Waals surface area (Å²) in [5, 5.41) is 3.39. The lowest BCUT2D eigenvalue weighted by Crippen LogP contribution is -2.44. The van der Waals surface area contributed by atoms with Crippen molar-refractivity contribution < 1.29 is 9.53 Å². The molecule has 16 heavy (non-hydrogen) atoms. The Bertz CT molecular complexity index is 188. The Morgan fingerprint density at radius 2 is 2.12 bits per heavy atom. The maximum absolute atomic E-state index is 11.6. The molecule has 0 saturated carbocycles. The predicted molar refractivity (Wildman–Crippen MR) is 70.9 cm³/mol. The number of ether oxygens (including phenoxy) is 1. The average molecular weight is 247 g/mol. The third kappa shape index (κ3) is 6.38.